The fraction of sp³-hybridized carbons (Fsp3) is 0. The Labute approximate surface area is 104 Å². The summed E-state index contributed by atoms with van der Waals surface area (Å²) in [5.41, 5.74) is 0.940. The minimum absolute atomic E-state index is 0.137. The van der Waals surface area contributed by atoms with Crippen molar-refractivity contribution in [2.45, 2.75) is 0 Å². The highest BCUT2D eigenvalue weighted by molar-refractivity contribution is 6.00. The van der Waals surface area contributed by atoms with Gasteiger partial charge < -0.3 is 0 Å². The Morgan fingerprint density at radius 2 is 2.11 bits per heavy atom. The van der Waals surface area contributed by atoms with Crippen molar-refractivity contribution in [2.75, 3.05) is 5.32 Å². The molecule has 0 aliphatic carbocycles. The van der Waals surface area contributed by atoms with Gasteiger partial charge in [0.05, 0.1) is 0 Å². The van der Waals surface area contributed by atoms with Gasteiger partial charge in [0.2, 0.25) is 0 Å². The van der Waals surface area contributed by atoms with Crippen molar-refractivity contribution in [3.8, 4) is 0 Å². The van der Waals surface area contributed by atoms with Gasteiger partial charge in [0.1, 0.15) is 0 Å². The minimum Gasteiger partial charge on any atom is -0.288 e. The van der Waals surface area contributed by atoms with Crippen LogP contribution in [0.15, 0.2) is 43.0 Å². The molecule has 0 unspecified atom stereocenters. The van der Waals surface area contributed by atoms with Crippen LogP contribution in [0.4, 0.5) is 5.95 Å². The quantitative estimate of drug-likeness (QED) is 0.822. The molecule has 1 aromatic carbocycles. The monoisotopic (exact) mass is 241 g/mol. The molecule has 0 radical (unpaired) electrons. The summed E-state index contributed by atoms with van der Waals surface area (Å²) >= 11 is 0. The van der Waals surface area contributed by atoms with Crippen LogP contribution < -0.4 is 5.32 Å². The van der Waals surface area contributed by atoms with Crippen molar-refractivity contribution in [1.29, 1.82) is 0 Å². The van der Waals surface area contributed by atoms with E-state index >= 15 is 0 Å². The lowest BCUT2D eigenvalue weighted by atomic mass is 10.2. The molecule has 0 aliphatic rings. The summed E-state index contributed by atoms with van der Waals surface area (Å²) < 4.78 is 0. The molecule has 0 fully saturated rings. The highest BCUT2D eigenvalue weighted by Crippen LogP contribution is 2.01. The van der Waals surface area contributed by atoms with Gasteiger partial charge >= 0.3 is 0 Å². The zero-order valence-corrected chi connectivity index (χ0v) is 9.52. The molecule has 90 valence electrons. The maximum atomic E-state index is 11.5. The molecule has 6 nitrogen and oxygen atoms in total. The molecule has 18 heavy (non-hydrogen) atoms. The maximum absolute atomic E-state index is 11.5. The molecular weight excluding hydrogens is 230 g/mol. The first kappa shape index (κ1) is 11.7. The number of nitrogens with one attached hydrogen (secondary N) is 1. The van der Waals surface area contributed by atoms with Gasteiger partial charge in [-0.2, -0.15) is 0 Å². The minimum atomic E-state index is -0.317. The molecule has 1 amide bonds. The Bertz CT molecular complexity index is 573. The number of rotatable bonds is 4. The average molecular weight is 241 g/mol. The van der Waals surface area contributed by atoms with Crippen LogP contribution in [0.5, 0.6) is 0 Å². The molecule has 0 aliphatic heterocycles. The third kappa shape index (κ3) is 3.11. The number of carbonyl (C=O) groups excluding carboxylic acids is 1. The van der Waals surface area contributed by atoms with Crippen molar-refractivity contribution >= 4 is 24.1 Å². The first-order valence-corrected chi connectivity index (χ1v) is 5.24. The van der Waals surface area contributed by atoms with E-state index in [1.54, 1.807) is 6.08 Å². The van der Waals surface area contributed by atoms with Crippen molar-refractivity contribution in [2.24, 2.45) is 0 Å². The van der Waals surface area contributed by atoms with Gasteiger partial charge in [-0.15, -0.1) is 9.90 Å². The number of anilines is 1. The van der Waals surface area contributed by atoms with Crippen LogP contribution in [0.25, 0.3) is 12.3 Å². The van der Waals surface area contributed by atoms with Crippen LogP contribution in [-0.4, -0.2) is 26.1 Å². The van der Waals surface area contributed by atoms with Crippen molar-refractivity contribution in [3.05, 3.63) is 48.6 Å². The molecule has 1 N–H and O–H groups in total. The Hall–Kier alpha value is -2.76. The number of nitrogens with zero attached hydrogens (tertiary/aromatic N) is 4. The zero-order chi connectivity index (χ0) is 12.8. The smallest absolute Gasteiger partial charge is 0.270 e. The van der Waals surface area contributed by atoms with Gasteiger partial charge in [0, 0.05) is 12.3 Å². The van der Waals surface area contributed by atoms with Crippen LogP contribution in [0, 0.1) is 0 Å². The number of tetrazole rings is 1. The lowest BCUT2D eigenvalue weighted by molar-refractivity contribution is -0.111. The Balaban J connectivity index is 1.96. The van der Waals surface area contributed by atoms with Gasteiger partial charge in [-0.3, -0.25) is 10.1 Å². The van der Waals surface area contributed by atoms with Crippen molar-refractivity contribution in [3.63, 3.8) is 0 Å². The summed E-state index contributed by atoms with van der Waals surface area (Å²) in [5.74, 6) is -0.180. The summed E-state index contributed by atoms with van der Waals surface area (Å²) in [6.07, 6.45) is 4.49. The molecule has 2 aromatic rings. The van der Waals surface area contributed by atoms with Gasteiger partial charge in [-0.1, -0.05) is 42.0 Å². The second-order valence-corrected chi connectivity index (χ2v) is 3.35. The van der Waals surface area contributed by atoms with Crippen molar-refractivity contribution < 1.29 is 4.79 Å². The van der Waals surface area contributed by atoms with E-state index in [9.17, 15) is 4.79 Å². The van der Waals surface area contributed by atoms with Crippen LogP contribution in [-0.2, 0) is 4.79 Å². The number of hydrogen-bond donors (Lipinski definition) is 1. The van der Waals surface area contributed by atoms with E-state index < -0.39 is 0 Å². The van der Waals surface area contributed by atoms with E-state index in [4.69, 9.17) is 0 Å². The largest absolute Gasteiger partial charge is 0.288 e. The molecule has 6 heteroatoms. The third-order valence-corrected chi connectivity index (χ3v) is 2.05. The second kappa shape index (κ2) is 5.53. The molecule has 1 heterocycles. The number of amides is 1. The summed E-state index contributed by atoms with van der Waals surface area (Å²) in [5, 5.41) is 13.6. The van der Waals surface area contributed by atoms with E-state index in [2.05, 4.69) is 27.3 Å². The topological polar surface area (TPSA) is 72.7 Å². The molecule has 1 aromatic heterocycles. The fourth-order valence-electron chi connectivity index (χ4n) is 1.24. The van der Waals surface area contributed by atoms with Crippen LogP contribution >= 0.6 is 0 Å². The summed E-state index contributed by atoms with van der Waals surface area (Å²) in [4.78, 5) is 12.7. The van der Waals surface area contributed by atoms with Gasteiger partial charge in [-0.25, -0.2) is 0 Å². The molecule has 0 spiro atoms. The highest BCUT2D eigenvalue weighted by atomic mass is 16.1. The Morgan fingerprint density at radius 1 is 1.33 bits per heavy atom. The molecule has 0 atom stereocenters. The van der Waals surface area contributed by atoms with E-state index in [1.807, 2.05) is 30.3 Å². The first-order valence-electron chi connectivity index (χ1n) is 5.24. The predicted octanol–water partition coefficient (Wildman–Crippen LogP) is 1.43. The van der Waals surface area contributed by atoms with E-state index in [-0.39, 0.29) is 11.9 Å². The van der Waals surface area contributed by atoms with Crippen LogP contribution in [0.3, 0.4) is 0 Å². The number of aromatic nitrogens is 4. The van der Waals surface area contributed by atoms with E-state index in [0.29, 0.717) is 0 Å². The van der Waals surface area contributed by atoms with E-state index in [1.165, 1.54) is 12.3 Å². The second-order valence-electron chi connectivity index (χ2n) is 3.35. The van der Waals surface area contributed by atoms with Crippen LogP contribution in [0.1, 0.15) is 5.56 Å². The molecule has 2 rings (SSSR count). The molecular formula is C12H11N5O. The lowest BCUT2D eigenvalue weighted by Gasteiger charge is -1.94. The summed E-state index contributed by atoms with van der Waals surface area (Å²) in [6, 6.07) is 9.50. The first-order chi connectivity index (χ1) is 8.78. The number of benzene rings is 1. The van der Waals surface area contributed by atoms with Crippen molar-refractivity contribution in [1.82, 2.24) is 20.2 Å². The number of carbonyl (C=O) groups is 1. The van der Waals surface area contributed by atoms with Gasteiger partial charge in [0.15, 0.2) is 0 Å². The fourth-order valence-corrected chi connectivity index (χ4v) is 1.24. The molecule has 0 bridgehead atoms. The van der Waals surface area contributed by atoms with Crippen LogP contribution in [0.2, 0.25) is 0 Å². The average Bonchev–Trinajstić information content (AvgIpc) is 2.85. The Morgan fingerprint density at radius 3 is 2.78 bits per heavy atom. The molecule has 0 saturated heterocycles. The van der Waals surface area contributed by atoms with E-state index in [0.717, 1.165) is 10.4 Å². The standard InChI is InChI=1S/C12H11N5O/c1-2-17-15-12(14-16-17)13-11(18)9-8-10-6-4-3-5-7-10/h2-9H,1H2,(H,13,15,18)/b9-8+. The van der Waals surface area contributed by atoms with Gasteiger partial charge in [0.25, 0.3) is 11.9 Å². The lowest BCUT2D eigenvalue weighted by Crippen LogP contribution is -2.09. The summed E-state index contributed by atoms with van der Waals surface area (Å²) in [7, 11) is 0. The summed E-state index contributed by atoms with van der Waals surface area (Å²) in [6.45, 7) is 3.47. The molecule has 0 saturated carbocycles. The highest BCUT2D eigenvalue weighted by Gasteiger charge is 2.03. The Kier molecular flexibility index (Phi) is 3.60. The predicted molar refractivity (Wildman–Crippen MR) is 68.3 cm³/mol. The SMILES string of the molecule is C=Cn1nnc(NC(=O)/C=C/c2ccccc2)n1. The number of hydrogen-bond acceptors (Lipinski definition) is 4. The maximum Gasteiger partial charge on any atom is 0.270 e. The third-order valence-electron chi connectivity index (χ3n) is 2.05. The zero-order valence-electron chi connectivity index (χ0n) is 9.52. The van der Waals surface area contributed by atoms with Gasteiger partial charge in [-0.05, 0) is 16.9 Å². The normalized spacial score (nSPS) is 10.4.